The molecule has 0 radical (unpaired) electrons. The van der Waals surface area contributed by atoms with Crippen molar-refractivity contribution in [2.45, 2.75) is 12.1 Å². The van der Waals surface area contributed by atoms with Crippen molar-refractivity contribution in [1.82, 2.24) is 0 Å². The standard InChI is InChI=1S/C8H5Cl2F3/c9-4-5-3-6(8(11,12)13)1-2-7(5)10/h1-3H,4H2. The van der Waals surface area contributed by atoms with Gasteiger partial charge in [0.2, 0.25) is 0 Å². The zero-order chi connectivity index (χ0) is 10.1. The summed E-state index contributed by atoms with van der Waals surface area (Å²) in [5.41, 5.74) is -0.439. The maximum absolute atomic E-state index is 12.1. The lowest BCUT2D eigenvalue weighted by Gasteiger charge is -2.08. The second-order valence-corrected chi connectivity index (χ2v) is 3.11. The van der Waals surface area contributed by atoms with Gasteiger partial charge in [-0.25, -0.2) is 0 Å². The average molecular weight is 229 g/mol. The van der Waals surface area contributed by atoms with Crippen molar-refractivity contribution in [3.8, 4) is 0 Å². The summed E-state index contributed by atoms with van der Waals surface area (Å²) in [5.74, 6) is -0.0250. The van der Waals surface area contributed by atoms with Crippen molar-refractivity contribution < 1.29 is 13.2 Å². The van der Waals surface area contributed by atoms with Crippen molar-refractivity contribution in [3.05, 3.63) is 34.3 Å². The second-order valence-electron chi connectivity index (χ2n) is 2.44. The molecule has 0 aliphatic heterocycles. The Bertz CT molecular complexity index is 307. The predicted octanol–water partition coefficient (Wildman–Crippen LogP) is 4.10. The van der Waals surface area contributed by atoms with Crippen LogP contribution in [-0.2, 0) is 12.1 Å². The van der Waals surface area contributed by atoms with E-state index in [0.717, 1.165) is 12.1 Å². The van der Waals surface area contributed by atoms with Gasteiger partial charge in [0.25, 0.3) is 0 Å². The molecule has 0 aliphatic carbocycles. The van der Waals surface area contributed by atoms with Gasteiger partial charge in [0.05, 0.1) is 5.56 Å². The van der Waals surface area contributed by atoms with Crippen molar-refractivity contribution in [2.75, 3.05) is 0 Å². The van der Waals surface area contributed by atoms with Crippen LogP contribution in [0.2, 0.25) is 5.02 Å². The van der Waals surface area contributed by atoms with Gasteiger partial charge in [0.1, 0.15) is 0 Å². The summed E-state index contributed by atoms with van der Waals surface area (Å²) in [6.45, 7) is 0. The summed E-state index contributed by atoms with van der Waals surface area (Å²) in [7, 11) is 0. The predicted molar refractivity (Wildman–Crippen MR) is 46.0 cm³/mol. The number of hydrogen-bond acceptors (Lipinski definition) is 0. The summed E-state index contributed by atoms with van der Waals surface area (Å²) < 4.78 is 36.4. The van der Waals surface area contributed by atoms with Crippen LogP contribution in [0.5, 0.6) is 0 Å². The molecule has 13 heavy (non-hydrogen) atoms. The lowest BCUT2D eigenvalue weighted by molar-refractivity contribution is -0.137. The summed E-state index contributed by atoms with van der Waals surface area (Å²) in [5, 5.41) is 0.253. The minimum absolute atomic E-state index is 0.0250. The van der Waals surface area contributed by atoms with Gasteiger partial charge in [-0.2, -0.15) is 13.2 Å². The largest absolute Gasteiger partial charge is 0.416 e. The monoisotopic (exact) mass is 228 g/mol. The molecule has 0 heterocycles. The highest BCUT2D eigenvalue weighted by Crippen LogP contribution is 2.32. The molecule has 0 spiro atoms. The molecule has 0 unspecified atom stereocenters. The first-order valence-corrected chi connectivity index (χ1v) is 4.28. The molecule has 0 fully saturated rings. The van der Waals surface area contributed by atoms with Crippen molar-refractivity contribution in [3.63, 3.8) is 0 Å². The zero-order valence-electron chi connectivity index (χ0n) is 6.33. The van der Waals surface area contributed by atoms with Crippen molar-refractivity contribution in [1.29, 1.82) is 0 Å². The van der Waals surface area contributed by atoms with E-state index >= 15 is 0 Å². The van der Waals surface area contributed by atoms with Gasteiger partial charge in [-0.05, 0) is 23.8 Å². The molecule has 0 saturated heterocycles. The smallest absolute Gasteiger partial charge is 0.166 e. The van der Waals surface area contributed by atoms with E-state index in [1.165, 1.54) is 6.07 Å². The first kappa shape index (κ1) is 10.7. The normalized spacial score (nSPS) is 11.8. The van der Waals surface area contributed by atoms with Crippen LogP contribution in [0.4, 0.5) is 13.2 Å². The zero-order valence-corrected chi connectivity index (χ0v) is 7.84. The van der Waals surface area contributed by atoms with E-state index in [2.05, 4.69) is 0 Å². The Balaban J connectivity index is 3.14. The summed E-state index contributed by atoms with van der Waals surface area (Å²) in [4.78, 5) is 0. The molecular weight excluding hydrogens is 224 g/mol. The number of benzene rings is 1. The quantitative estimate of drug-likeness (QED) is 0.636. The Morgan fingerprint density at radius 1 is 1.23 bits per heavy atom. The molecule has 0 saturated carbocycles. The van der Waals surface area contributed by atoms with E-state index in [-0.39, 0.29) is 16.5 Å². The number of halogens is 5. The first-order chi connectivity index (χ1) is 5.95. The van der Waals surface area contributed by atoms with Crippen LogP contribution in [0.15, 0.2) is 18.2 Å². The van der Waals surface area contributed by atoms with E-state index in [9.17, 15) is 13.2 Å². The highest BCUT2D eigenvalue weighted by atomic mass is 35.5. The maximum Gasteiger partial charge on any atom is 0.416 e. The second kappa shape index (κ2) is 3.76. The summed E-state index contributed by atoms with van der Waals surface area (Å²) in [6.07, 6.45) is -4.34. The number of hydrogen-bond donors (Lipinski definition) is 0. The van der Waals surface area contributed by atoms with E-state index in [1.807, 2.05) is 0 Å². The number of rotatable bonds is 1. The van der Waals surface area contributed by atoms with Gasteiger partial charge >= 0.3 is 6.18 Å². The Kier molecular flexibility index (Phi) is 3.09. The lowest BCUT2D eigenvalue weighted by Crippen LogP contribution is -2.05. The van der Waals surface area contributed by atoms with Crippen LogP contribution in [0.25, 0.3) is 0 Å². The fourth-order valence-corrected chi connectivity index (χ4v) is 1.33. The summed E-state index contributed by atoms with van der Waals surface area (Å²) in [6, 6.07) is 3.08. The third-order valence-electron chi connectivity index (χ3n) is 1.52. The first-order valence-electron chi connectivity index (χ1n) is 3.36. The molecule has 5 heteroatoms. The molecular formula is C8H5Cl2F3. The molecule has 0 amide bonds. The van der Waals surface area contributed by atoms with Gasteiger partial charge in [0.15, 0.2) is 0 Å². The van der Waals surface area contributed by atoms with E-state index in [1.54, 1.807) is 0 Å². The third-order valence-corrected chi connectivity index (χ3v) is 2.17. The van der Waals surface area contributed by atoms with Crippen LogP contribution < -0.4 is 0 Å². The average Bonchev–Trinajstić information content (AvgIpc) is 2.03. The van der Waals surface area contributed by atoms with Crippen LogP contribution in [0, 0.1) is 0 Å². The fourth-order valence-electron chi connectivity index (χ4n) is 0.853. The highest BCUT2D eigenvalue weighted by Gasteiger charge is 2.30. The SMILES string of the molecule is FC(F)(F)c1ccc(Cl)c(CCl)c1. The number of alkyl halides is 4. The Morgan fingerprint density at radius 3 is 2.31 bits per heavy atom. The van der Waals surface area contributed by atoms with E-state index in [4.69, 9.17) is 23.2 Å². The molecule has 0 nitrogen and oxygen atoms in total. The molecule has 1 aromatic carbocycles. The topological polar surface area (TPSA) is 0 Å². The Hall–Kier alpha value is -0.410. The van der Waals surface area contributed by atoms with Crippen molar-refractivity contribution in [2.24, 2.45) is 0 Å². The molecule has 0 atom stereocenters. The molecule has 0 aliphatic rings. The van der Waals surface area contributed by atoms with Crippen LogP contribution in [0.1, 0.15) is 11.1 Å². The molecule has 1 rings (SSSR count). The Morgan fingerprint density at radius 2 is 1.85 bits per heavy atom. The summed E-state index contributed by atoms with van der Waals surface area (Å²) >= 11 is 11.0. The van der Waals surface area contributed by atoms with Crippen LogP contribution >= 0.6 is 23.2 Å². The van der Waals surface area contributed by atoms with Gasteiger partial charge in [-0.15, -0.1) is 11.6 Å². The van der Waals surface area contributed by atoms with E-state index < -0.39 is 11.7 Å². The molecule has 0 bridgehead atoms. The van der Waals surface area contributed by atoms with E-state index in [0.29, 0.717) is 0 Å². The fraction of sp³-hybridized carbons (Fsp3) is 0.250. The van der Waals surface area contributed by atoms with Crippen molar-refractivity contribution >= 4 is 23.2 Å². The van der Waals surface area contributed by atoms with Gasteiger partial charge in [-0.3, -0.25) is 0 Å². The highest BCUT2D eigenvalue weighted by molar-refractivity contribution is 6.32. The maximum atomic E-state index is 12.1. The third kappa shape index (κ3) is 2.51. The van der Waals surface area contributed by atoms with Crippen LogP contribution in [-0.4, -0.2) is 0 Å². The molecule has 0 N–H and O–H groups in total. The molecule has 72 valence electrons. The molecule has 1 aromatic rings. The minimum atomic E-state index is -4.34. The van der Waals surface area contributed by atoms with Crippen LogP contribution in [0.3, 0.4) is 0 Å². The lowest BCUT2D eigenvalue weighted by atomic mass is 10.1. The molecule has 0 aromatic heterocycles. The Labute approximate surface area is 83.3 Å². The van der Waals surface area contributed by atoms with Gasteiger partial charge in [0, 0.05) is 10.9 Å². The van der Waals surface area contributed by atoms with Gasteiger partial charge in [-0.1, -0.05) is 11.6 Å². The van der Waals surface area contributed by atoms with Gasteiger partial charge < -0.3 is 0 Å². The minimum Gasteiger partial charge on any atom is -0.166 e.